The van der Waals surface area contributed by atoms with Gasteiger partial charge in [-0.25, -0.2) is 0 Å². The number of ketones is 1. The largest absolute Gasteiger partial charge is 0.494 e. The summed E-state index contributed by atoms with van der Waals surface area (Å²) in [7, 11) is -0.422. The van der Waals surface area contributed by atoms with Gasteiger partial charge in [-0.05, 0) is 51.6 Å². The van der Waals surface area contributed by atoms with Crippen molar-refractivity contribution in [3.63, 3.8) is 0 Å². The van der Waals surface area contributed by atoms with Crippen LogP contribution in [0.2, 0.25) is 0 Å². The highest BCUT2D eigenvalue weighted by atomic mass is 16.7. The Kier molecular flexibility index (Phi) is 4.08. The number of carbonyl (C=O) groups is 1. The Bertz CT molecular complexity index is 470. The standard InChI is InChI=1S/C16H23BO3/c1-12(8-6-9-13-10-7-11-14(13)18)17-19-15(2,3)16(4,5)20-17/h6,8-9H,1,7,10-11H2,2-5H3/b8-6-,13-9+. The smallest absolute Gasteiger partial charge is 0.399 e. The predicted octanol–water partition coefficient (Wildman–Crippen LogP) is 3.41. The fourth-order valence-electron chi connectivity index (χ4n) is 2.28. The van der Waals surface area contributed by atoms with Gasteiger partial charge in [0, 0.05) is 6.42 Å². The minimum atomic E-state index is -0.422. The van der Waals surface area contributed by atoms with E-state index < -0.39 is 7.12 Å². The number of rotatable bonds is 3. The zero-order chi connectivity index (χ0) is 15.0. The lowest BCUT2D eigenvalue weighted by Crippen LogP contribution is -2.41. The summed E-state index contributed by atoms with van der Waals surface area (Å²) in [5.74, 6) is 0.260. The van der Waals surface area contributed by atoms with Gasteiger partial charge in [0.1, 0.15) is 0 Å². The lowest BCUT2D eigenvalue weighted by atomic mass is 9.79. The highest BCUT2D eigenvalue weighted by Crippen LogP contribution is 2.38. The summed E-state index contributed by atoms with van der Waals surface area (Å²) in [4.78, 5) is 11.5. The highest BCUT2D eigenvalue weighted by molar-refractivity contribution is 6.55. The van der Waals surface area contributed by atoms with E-state index in [1.54, 1.807) is 0 Å². The van der Waals surface area contributed by atoms with Gasteiger partial charge >= 0.3 is 7.12 Å². The van der Waals surface area contributed by atoms with Crippen molar-refractivity contribution in [1.82, 2.24) is 0 Å². The molecular weight excluding hydrogens is 251 g/mol. The van der Waals surface area contributed by atoms with Crippen LogP contribution in [0.5, 0.6) is 0 Å². The van der Waals surface area contributed by atoms with Gasteiger partial charge in [-0.15, -0.1) is 0 Å². The normalized spacial score (nSPS) is 26.9. The number of hydrogen-bond acceptors (Lipinski definition) is 3. The molecule has 0 bridgehead atoms. The second kappa shape index (κ2) is 5.34. The summed E-state index contributed by atoms with van der Waals surface area (Å²) >= 11 is 0. The van der Waals surface area contributed by atoms with E-state index >= 15 is 0 Å². The molecule has 0 radical (unpaired) electrons. The number of Topliss-reactive ketones (excluding diaryl/α,β-unsaturated/α-hetero) is 1. The molecule has 0 N–H and O–H groups in total. The first-order valence-corrected chi connectivity index (χ1v) is 7.18. The van der Waals surface area contributed by atoms with Gasteiger partial charge in [0.15, 0.2) is 5.78 Å². The van der Waals surface area contributed by atoms with Crippen molar-refractivity contribution in [1.29, 1.82) is 0 Å². The molecule has 1 aliphatic heterocycles. The van der Waals surface area contributed by atoms with Crippen molar-refractivity contribution in [3.8, 4) is 0 Å². The minimum absolute atomic E-state index is 0.260. The molecule has 2 aliphatic rings. The fraction of sp³-hybridized carbons (Fsp3) is 0.562. The van der Waals surface area contributed by atoms with Crippen LogP contribution in [0, 0.1) is 0 Å². The van der Waals surface area contributed by atoms with Crippen LogP contribution in [0.25, 0.3) is 0 Å². The van der Waals surface area contributed by atoms with Crippen molar-refractivity contribution in [2.24, 2.45) is 0 Å². The average Bonchev–Trinajstić information content (AvgIpc) is 2.81. The van der Waals surface area contributed by atoms with Crippen molar-refractivity contribution < 1.29 is 14.1 Å². The quantitative estimate of drug-likeness (QED) is 0.449. The summed E-state index contributed by atoms with van der Waals surface area (Å²) in [6.45, 7) is 12.1. The first kappa shape index (κ1) is 15.3. The predicted molar refractivity (Wildman–Crippen MR) is 81.3 cm³/mol. The van der Waals surface area contributed by atoms with E-state index in [1.165, 1.54) is 0 Å². The van der Waals surface area contributed by atoms with E-state index in [4.69, 9.17) is 9.31 Å². The number of hydrogen-bond donors (Lipinski definition) is 0. The van der Waals surface area contributed by atoms with E-state index in [1.807, 2.05) is 45.9 Å². The van der Waals surface area contributed by atoms with Crippen molar-refractivity contribution in [2.75, 3.05) is 0 Å². The summed E-state index contributed by atoms with van der Waals surface area (Å²) in [5.41, 5.74) is 0.969. The van der Waals surface area contributed by atoms with Crippen LogP contribution in [-0.4, -0.2) is 24.1 Å². The third-order valence-corrected chi connectivity index (χ3v) is 4.37. The van der Waals surface area contributed by atoms with E-state index in [-0.39, 0.29) is 17.0 Å². The van der Waals surface area contributed by atoms with Gasteiger partial charge in [-0.2, -0.15) is 0 Å². The second-order valence-corrected chi connectivity index (χ2v) is 6.49. The Morgan fingerprint density at radius 2 is 1.80 bits per heavy atom. The summed E-state index contributed by atoms with van der Waals surface area (Å²) in [5, 5.41) is 0. The summed E-state index contributed by atoms with van der Waals surface area (Å²) in [6.07, 6.45) is 8.14. The maximum atomic E-state index is 11.5. The molecule has 0 aromatic rings. The van der Waals surface area contributed by atoms with Crippen LogP contribution >= 0.6 is 0 Å². The Morgan fingerprint density at radius 3 is 2.30 bits per heavy atom. The fourth-order valence-corrected chi connectivity index (χ4v) is 2.28. The highest BCUT2D eigenvalue weighted by Gasteiger charge is 2.51. The maximum absolute atomic E-state index is 11.5. The van der Waals surface area contributed by atoms with E-state index in [0.717, 1.165) is 23.9 Å². The molecule has 1 heterocycles. The van der Waals surface area contributed by atoms with Gasteiger partial charge < -0.3 is 9.31 Å². The molecule has 1 saturated carbocycles. The minimum Gasteiger partial charge on any atom is -0.399 e. The van der Waals surface area contributed by atoms with E-state index in [0.29, 0.717) is 6.42 Å². The zero-order valence-electron chi connectivity index (χ0n) is 12.9. The van der Waals surface area contributed by atoms with E-state index in [9.17, 15) is 4.79 Å². The van der Waals surface area contributed by atoms with Crippen molar-refractivity contribution >= 4 is 12.9 Å². The molecule has 0 aromatic carbocycles. The van der Waals surface area contributed by atoms with Crippen molar-refractivity contribution in [3.05, 3.63) is 35.9 Å². The number of carbonyl (C=O) groups excluding carboxylic acids is 1. The third kappa shape index (κ3) is 2.96. The Morgan fingerprint density at radius 1 is 1.20 bits per heavy atom. The average molecular weight is 274 g/mol. The number of allylic oxidation sites excluding steroid dienone is 5. The van der Waals surface area contributed by atoms with E-state index in [2.05, 4.69) is 6.58 Å². The van der Waals surface area contributed by atoms with Crippen molar-refractivity contribution in [2.45, 2.75) is 58.2 Å². The Balaban J connectivity index is 1.98. The Labute approximate surface area is 121 Å². The summed E-state index contributed by atoms with van der Waals surface area (Å²) < 4.78 is 11.8. The van der Waals surface area contributed by atoms with Crippen LogP contribution < -0.4 is 0 Å². The molecule has 1 saturated heterocycles. The molecule has 20 heavy (non-hydrogen) atoms. The zero-order valence-corrected chi connectivity index (χ0v) is 12.9. The maximum Gasteiger partial charge on any atom is 0.494 e. The van der Waals surface area contributed by atoms with Crippen LogP contribution in [0.4, 0.5) is 0 Å². The van der Waals surface area contributed by atoms with Crippen LogP contribution in [0.15, 0.2) is 35.9 Å². The SMILES string of the molecule is C=C(/C=C\C=C1/CCCC1=O)B1OC(C)(C)C(C)(C)O1. The molecule has 0 amide bonds. The molecule has 3 nitrogen and oxygen atoms in total. The first-order chi connectivity index (χ1) is 9.23. The van der Waals surface area contributed by atoms with Gasteiger partial charge in [-0.3, -0.25) is 4.79 Å². The topological polar surface area (TPSA) is 35.5 Å². The van der Waals surface area contributed by atoms with Gasteiger partial charge in [0.05, 0.1) is 11.2 Å². The van der Waals surface area contributed by atoms with Gasteiger partial charge in [-0.1, -0.05) is 24.8 Å². The molecule has 1 aliphatic carbocycles. The molecule has 0 aromatic heterocycles. The van der Waals surface area contributed by atoms with Crippen LogP contribution in [0.1, 0.15) is 47.0 Å². The first-order valence-electron chi connectivity index (χ1n) is 7.18. The molecular formula is C16H23BO3. The van der Waals surface area contributed by atoms with Crippen LogP contribution in [0.3, 0.4) is 0 Å². The molecule has 2 rings (SSSR count). The molecule has 0 atom stereocenters. The summed E-state index contributed by atoms with van der Waals surface area (Å²) in [6, 6.07) is 0. The molecule has 0 spiro atoms. The van der Waals surface area contributed by atoms with Crippen LogP contribution in [-0.2, 0) is 14.1 Å². The lowest BCUT2D eigenvalue weighted by Gasteiger charge is -2.32. The van der Waals surface area contributed by atoms with Gasteiger partial charge in [0.25, 0.3) is 0 Å². The van der Waals surface area contributed by atoms with Gasteiger partial charge in [0.2, 0.25) is 0 Å². The third-order valence-electron chi connectivity index (χ3n) is 4.37. The molecule has 108 valence electrons. The monoisotopic (exact) mass is 274 g/mol. The Hall–Kier alpha value is -1.13. The molecule has 2 fully saturated rings. The second-order valence-electron chi connectivity index (χ2n) is 6.49. The lowest BCUT2D eigenvalue weighted by molar-refractivity contribution is -0.114. The molecule has 0 unspecified atom stereocenters. The molecule has 4 heteroatoms.